The highest BCUT2D eigenvalue weighted by Gasteiger charge is 2.30. The molecule has 0 atom stereocenters. The maximum atomic E-state index is 13.4. The second-order valence-electron chi connectivity index (χ2n) is 7.47. The number of anilines is 1. The van der Waals surface area contributed by atoms with Crippen molar-refractivity contribution < 1.29 is 32.2 Å². The molecule has 2 aromatic heterocycles. The monoisotopic (exact) mass is 551 g/mol. The minimum atomic E-state index is -4.57. The van der Waals surface area contributed by atoms with Crippen LogP contribution in [0, 0.1) is 0 Å². The van der Waals surface area contributed by atoms with E-state index in [0.29, 0.717) is 10.8 Å². The van der Waals surface area contributed by atoms with Crippen molar-refractivity contribution in [3.63, 3.8) is 0 Å². The fourth-order valence-corrected chi connectivity index (χ4v) is 4.38. The molecule has 13 heteroatoms. The summed E-state index contributed by atoms with van der Waals surface area (Å²) in [4.78, 5) is 38.5. The quantitative estimate of drug-likeness (QED) is 0.312. The van der Waals surface area contributed by atoms with Gasteiger partial charge in [-0.2, -0.15) is 23.0 Å². The van der Waals surface area contributed by atoms with E-state index >= 15 is 0 Å². The van der Waals surface area contributed by atoms with Gasteiger partial charge in [0.25, 0.3) is 11.5 Å². The standard InChI is InChI=1S/C24H17ClF3N3O5S/c1-2-35-23(34)20-17-12-37-21(29-18(32)11-36-16-9-5-14(25)6-10-16)19(17)22(33)31(30-20)15-7-3-13(4-8-15)24(26,27)28/h3-10,12H,2,11H2,1H3,(H,29,32). The Balaban J connectivity index is 1.71. The van der Waals surface area contributed by atoms with E-state index < -0.39 is 29.2 Å². The molecule has 0 fully saturated rings. The Kier molecular flexibility index (Phi) is 7.50. The SMILES string of the molecule is CCOC(=O)c1nn(-c2ccc(C(F)(F)F)cc2)c(=O)c2c(NC(=O)COc3ccc(Cl)cc3)scc12. The lowest BCUT2D eigenvalue weighted by molar-refractivity contribution is -0.137. The van der Waals surface area contributed by atoms with E-state index in [2.05, 4.69) is 10.4 Å². The van der Waals surface area contributed by atoms with E-state index in [-0.39, 0.29) is 40.4 Å². The van der Waals surface area contributed by atoms with Crippen LogP contribution in [-0.4, -0.2) is 34.9 Å². The van der Waals surface area contributed by atoms with Gasteiger partial charge in [-0.15, -0.1) is 11.3 Å². The topological polar surface area (TPSA) is 99.5 Å². The van der Waals surface area contributed by atoms with Crippen molar-refractivity contribution in [2.24, 2.45) is 0 Å². The molecule has 0 aliphatic heterocycles. The van der Waals surface area contributed by atoms with Crippen LogP contribution >= 0.6 is 22.9 Å². The molecule has 0 aliphatic carbocycles. The number of esters is 1. The summed E-state index contributed by atoms with van der Waals surface area (Å²) in [7, 11) is 0. The number of hydrogen-bond acceptors (Lipinski definition) is 7. The number of thiophene rings is 1. The van der Waals surface area contributed by atoms with Crippen LogP contribution in [0.5, 0.6) is 5.75 Å². The largest absolute Gasteiger partial charge is 0.484 e. The summed E-state index contributed by atoms with van der Waals surface area (Å²) in [6, 6.07) is 10.0. The average Bonchev–Trinajstić information content (AvgIpc) is 3.27. The Morgan fingerprint density at radius 1 is 1.11 bits per heavy atom. The number of halogens is 4. The van der Waals surface area contributed by atoms with E-state index in [0.717, 1.165) is 40.3 Å². The number of ether oxygens (including phenoxy) is 2. The second-order valence-corrected chi connectivity index (χ2v) is 8.79. The maximum Gasteiger partial charge on any atom is 0.416 e. The number of carbonyl (C=O) groups is 2. The van der Waals surface area contributed by atoms with Crippen molar-refractivity contribution in [1.29, 1.82) is 0 Å². The average molecular weight is 552 g/mol. The van der Waals surface area contributed by atoms with Gasteiger partial charge in [-0.1, -0.05) is 11.6 Å². The Hall–Kier alpha value is -3.90. The normalized spacial score (nSPS) is 11.4. The summed E-state index contributed by atoms with van der Waals surface area (Å²) in [5, 5.41) is 8.79. The van der Waals surface area contributed by atoms with Crippen molar-refractivity contribution in [3.8, 4) is 11.4 Å². The van der Waals surface area contributed by atoms with Crippen LogP contribution in [0.2, 0.25) is 5.02 Å². The lowest BCUT2D eigenvalue weighted by atomic mass is 10.2. The van der Waals surface area contributed by atoms with Gasteiger partial charge >= 0.3 is 12.1 Å². The van der Waals surface area contributed by atoms with Crippen LogP contribution in [-0.2, 0) is 15.7 Å². The minimum absolute atomic E-state index is 0.0139. The third kappa shape index (κ3) is 5.75. The third-order valence-corrected chi connectivity index (χ3v) is 6.14. The van der Waals surface area contributed by atoms with Gasteiger partial charge in [0.2, 0.25) is 0 Å². The molecule has 0 saturated heterocycles. The lowest BCUT2D eigenvalue weighted by Gasteiger charge is -2.11. The van der Waals surface area contributed by atoms with E-state index in [1.165, 1.54) is 5.38 Å². The number of nitrogens with one attached hydrogen (secondary N) is 1. The summed E-state index contributed by atoms with van der Waals surface area (Å²) in [6.45, 7) is 1.22. The zero-order valence-electron chi connectivity index (χ0n) is 19.0. The van der Waals surface area contributed by atoms with Crippen molar-refractivity contribution in [2.75, 3.05) is 18.5 Å². The summed E-state index contributed by atoms with van der Waals surface area (Å²) >= 11 is 6.80. The molecular weight excluding hydrogens is 535 g/mol. The molecule has 1 amide bonds. The van der Waals surface area contributed by atoms with Gasteiger partial charge in [0.15, 0.2) is 12.3 Å². The Bertz CT molecular complexity index is 1520. The van der Waals surface area contributed by atoms with E-state index in [4.69, 9.17) is 21.1 Å². The predicted octanol–water partition coefficient (Wildman–Crippen LogP) is 5.31. The second kappa shape index (κ2) is 10.6. The van der Waals surface area contributed by atoms with Gasteiger partial charge < -0.3 is 14.8 Å². The van der Waals surface area contributed by atoms with Crippen molar-refractivity contribution in [2.45, 2.75) is 13.1 Å². The van der Waals surface area contributed by atoms with Gasteiger partial charge in [-0.25, -0.2) is 4.79 Å². The molecule has 192 valence electrons. The number of rotatable bonds is 7. The summed E-state index contributed by atoms with van der Waals surface area (Å²) in [5.41, 5.74) is -1.91. The Morgan fingerprint density at radius 3 is 2.41 bits per heavy atom. The van der Waals surface area contributed by atoms with Gasteiger partial charge in [0.1, 0.15) is 10.8 Å². The molecule has 4 aromatic rings. The van der Waals surface area contributed by atoms with Crippen LogP contribution in [0.4, 0.5) is 18.2 Å². The zero-order valence-corrected chi connectivity index (χ0v) is 20.5. The lowest BCUT2D eigenvalue weighted by Crippen LogP contribution is -2.26. The molecule has 0 saturated carbocycles. The highest BCUT2D eigenvalue weighted by atomic mass is 35.5. The zero-order chi connectivity index (χ0) is 26.7. The molecule has 2 aromatic carbocycles. The van der Waals surface area contributed by atoms with Crippen LogP contribution in [0.1, 0.15) is 23.0 Å². The first-order chi connectivity index (χ1) is 17.6. The fourth-order valence-electron chi connectivity index (χ4n) is 3.30. The van der Waals surface area contributed by atoms with E-state index in [9.17, 15) is 27.6 Å². The number of nitrogens with zero attached hydrogens (tertiary/aromatic N) is 2. The number of alkyl halides is 3. The van der Waals surface area contributed by atoms with Crippen LogP contribution in [0.3, 0.4) is 0 Å². The number of amides is 1. The first kappa shape index (κ1) is 26.2. The molecule has 2 heterocycles. The van der Waals surface area contributed by atoms with Gasteiger partial charge in [0, 0.05) is 15.8 Å². The number of aromatic nitrogens is 2. The number of carbonyl (C=O) groups excluding carboxylic acids is 2. The minimum Gasteiger partial charge on any atom is -0.484 e. The first-order valence-electron chi connectivity index (χ1n) is 10.7. The molecule has 0 bridgehead atoms. The van der Waals surface area contributed by atoms with Crippen LogP contribution in [0.25, 0.3) is 16.5 Å². The highest BCUT2D eigenvalue weighted by Crippen LogP contribution is 2.32. The number of hydrogen-bond donors (Lipinski definition) is 1. The van der Waals surface area contributed by atoms with Gasteiger partial charge in [-0.05, 0) is 55.5 Å². The van der Waals surface area contributed by atoms with E-state index in [1.807, 2.05) is 0 Å². The molecule has 0 unspecified atom stereocenters. The Labute approximate surface area is 216 Å². The van der Waals surface area contributed by atoms with E-state index in [1.54, 1.807) is 31.2 Å². The molecule has 0 spiro atoms. The van der Waals surface area contributed by atoms with Crippen molar-refractivity contribution >= 4 is 50.6 Å². The molecular formula is C24H17ClF3N3O5S. The summed E-state index contributed by atoms with van der Waals surface area (Å²) in [6.07, 6.45) is -4.57. The molecule has 0 radical (unpaired) electrons. The molecule has 1 N–H and O–H groups in total. The van der Waals surface area contributed by atoms with Gasteiger partial charge in [0.05, 0.1) is 23.2 Å². The summed E-state index contributed by atoms with van der Waals surface area (Å²) < 4.78 is 50.2. The highest BCUT2D eigenvalue weighted by molar-refractivity contribution is 7.16. The number of fused-ring (bicyclic) bond motifs is 1. The molecule has 4 rings (SSSR count). The maximum absolute atomic E-state index is 13.4. The predicted molar refractivity (Wildman–Crippen MR) is 132 cm³/mol. The molecule has 8 nitrogen and oxygen atoms in total. The van der Waals surface area contributed by atoms with Crippen LogP contribution < -0.4 is 15.6 Å². The Morgan fingerprint density at radius 2 is 1.78 bits per heavy atom. The summed E-state index contributed by atoms with van der Waals surface area (Å²) in [5.74, 6) is -1.03. The van der Waals surface area contributed by atoms with Crippen LogP contribution in [0.15, 0.2) is 58.7 Å². The molecule has 37 heavy (non-hydrogen) atoms. The van der Waals surface area contributed by atoms with Crippen molar-refractivity contribution in [1.82, 2.24) is 9.78 Å². The van der Waals surface area contributed by atoms with Gasteiger partial charge in [-0.3, -0.25) is 9.59 Å². The molecule has 0 aliphatic rings. The fraction of sp³-hybridized carbons (Fsp3) is 0.167. The first-order valence-corrected chi connectivity index (χ1v) is 11.9. The number of benzene rings is 2. The smallest absolute Gasteiger partial charge is 0.416 e. The van der Waals surface area contributed by atoms with Crippen molar-refractivity contribution in [3.05, 3.63) is 80.5 Å². The third-order valence-electron chi connectivity index (χ3n) is 5.00.